The van der Waals surface area contributed by atoms with Gasteiger partial charge in [0.2, 0.25) is 0 Å². The van der Waals surface area contributed by atoms with E-state index in [0.29, 0.717) is 19.3 Å². The van der Waals surface area contributed by atoms with Gasteiger partial charge in [0.05, 0.1) is 12.7 Å². The zero-order chi connectivity index (χ0) is 41.4. The van der Waals surface area contributed by atoms with E-state index < -0.39 is 38.6 Å². The lowest BCUT2D eigenvalue weighted by Crippen LogP contribution is -2.29. The molecule has 1 unspecified atom stereocenters. The number of unbranched alkanes of at least 4 members (excludes halogenated alkanes) is 14. The van der Waals surface area contributed by atoms with Gasteiger partial charge in [-0.1, -0.05) is 190 Å². The molecule has 0 aromatic rings. The second-order valence-corrected chi connectivity index (χ2v) is 16.2. The molecule has 0 heterocycles. The minimum absolute atomic E-state index is 0.124. The summed E-state index contributed by atoms with van der Waals surface area (Å²) >= 11 is 0. The van der Waals surface area contributed by atoms with Crippen LogP contribution >= 0.6 is 7.82 Å². The van der Waals surface area contributed by atoms with Gasteiger partial charge >= 0.3 is 19.8 Å². The largest absolute Gasteiger partial charge is 0.469 e. The van der Waals surface area contributed by atoms with E-state index in [9.17, 15) is 19.3 Å². The molecule has 56 heavy (non-hydrogen) atoms. The van der Waals surface area contributed by atoms with Crippen molar-refractivity contribution in [3.8, 4) is 0 Å². The fourth-order valence-corrected chi connectivity index (χ4v) is 6.15. The summed E-state index contributed by atoms with van der Waals surface area (Å²) in [6, 6.07) is 0. The van der Waals surface area contributed by atoms with E-state index in [0.717, 1.165) is 50.9 Å². The highest BCUT2D eigenvalue weighted by atomic mass is 31.2. The number of aliphatic hydroxyl groups is 1. The Kier molecular flexibility index (Phi) is 37.5. The van der Waals surface area contributed by atoms with Gasteiger partial charge < -0.3 is 24.4 Å². The van der Waals surface area contributed by atoms with E-state index in [4.69, 9.17) is 19.3 Å². The third kappa shape index (κ3) is 42.6. The maximum Gasteiger partial charge on any atom is 0.469 e. The summed E-state index contributed by atoms with van der Waals surface area (Å²) in [5.74, 6) is -0.176. The summed E-state index contributed by atoms with van der Waals surface area (Å²) in [6.07, 6.45) is 46.8. The van der Waals surface area contributed by atoms with Gasteiger partial charge in [-0.2, -0.15) is 0 Å². The Bertz CT molecular complexity index is 1170. The molecule has 9 nitrogen and oxygen atoms in total. The fraction of sp³-hybridized carbons (Fsp3) is 0.696. The van der Waals surface area contributed by atoms with Crippen LogP contribution in [0.25, 0.3) is 0 Å². The first-order valence-corrected chi connectivity index (χ1v) is 23.2. The number of phosphoric ester groups is 1. The second kappa shape index (κ2) is 39.3. The van der Waals surface area contributed by atoms with Gasteiger partial charge in [-0.25, -0.2) is 4.57 Å². The van der Waals surface area contributed by atoms with E-state index in [1.807, 2.05) is 48.6 Å². The number of carbonyl (C=O) groups is 2. The van der Waals surface area contributed by atoms with E-state index >= 15 is 0 Å². The lowest BCUT2D eigenvalue weighted by atomic mass is 10.0. The van der Waals surface area contributed by atoms with Crippen molar-refractivity contribution in [3.05, 3.63) is 72.9 Å². The van der Waals surface area contributed by atoms with Crippen LogP contribution in [0.5, 0.6) is 0 Å². The summed E-state index contributed by atoms with van der Waals surface area (Å²) in [5.41, 5.74) is 0. The molecular formula is C46H79O9P. The molecule has 322 valence electrons. The third-order valence-electron chi connectivity index (χ3n) is 9.01. The van der Waals surface area contributed by atoms with Gasteiger partial charge in [0.15, 0.2) is 6.10 Å². The molecule has 10 heteroatoms. The summed E-state index contributed by atoms with van der Waals surface area (Å²) in [7, 11) is -4.78. The Morgan fingerprint density at radius 1 is 0.607 bits per heavy atom. The summed E-state index contributed by atoms with van der Waals surface area (Å²) in [4.78, 5) is 42.9. The first kappa shape index (κ1) is 53.5. The molecule has 0 spiro atoms. The average Bonchev–Trinajstić information content (AvgIpc) is 3.15. The number of ether oxygens (including phenoxy) is 2. The maximum absolute atomic E-state index is 12.4. The highest BCUT2D eigenvalue weighted by Crippen LogP contribution is 2.36. The minimum Gasteiger partial charge on any atom is -0.462 e. The number of esters is 2. The van der Waals surface area contributed by atoms with Gasteiger partial charge in [-0.05, 0) is 50.9 Å². The molecule has 0 aromatic carbocycles. The SMILES string of the molecule is CC/C=C\CC(O)/C=C/C=C/C/C=C\C/C=C\C/C=C\CCC(=O)OC[C@H](COP(=O)(O)O)OC(=O)CCCCCCCCCCCCCCCCCC(C)C. The first-order chi connectivity index (χ1) is 27.0. The standard InChI is InChI=1S/C46H79O9P/c1-4-5-30-36-43(47)37-32-27-23-19-15-11-9-13-16-20-24-28-33-38-45(48)53-40-44(41-54-56(50,51)52)55-46(49)39-34-29-25-21-17-12-8-6-7-10-14-18-22-26-31-35-42(2)3/h5,11,13,15-16,23-24,27-28,30,32,37,42-44,47H,4,6-10,12,14,17-22,25-26,29,31,33-36,38-41H2,1-3H3,(H2,50,51,52)/b15-11-,16-13-,27-23+,28-24-,30-5-,37-32+/t43?,44-/m1/s1. The number of hydrogen-bond acceptors (Lipinski definition) is 7. The summed E-state index contributed by atoms with van der Waals surface area (Å²) < 4.78 is 26.3. The lowest BCUT2D eigenvalue weighted by molar-refractivity contribution is -0.161. The van der Waals surface area contributed by atoms with Crippen LogP contribution in [0.3, 0.4) is 0 Å². The quantitative estimate of drug-likeness (QED) is 0.0183. The van der Waals surface area contributed by atoms with Crippen molar-refractivity contribution < 1.29 is 43.0 Å². The summed E-state index contributed by atoms with van der Waals surface area (Å²) in [6.45, 7) is 5.76. The molecule has 0 amide bonds. The van der Waals surface area contributed by atoms with Crippen molar-refractivity contribution in [2.24, 2.45) is 5.92 Å². The molecule has 2 atom stereocenters. The normalized spacial score (nSPS) is 13.8. The van der Waals surface area contributed by atoms with Crippen LogP contribution in [-0.4, -0.2) is 52.3 Å². The molecule has 3 N–H and O–H groups in total. The van der Waals surface area contributed by atoms with Crippen LogP contribution in [0.1, 0.15) is 175 Å². The van der Waals surface area contributed by atoms with Gasteiger partial charge in [-0.15, -0.1) is 0 Å². The number of carbonyl (C=O) groups excluding carboxylic acids is 2. The van der Waals surface area contributed by atoms with E-state index in [-0.39, 0.29) is 19.4 Å². The number of hydrogen-bond donors (Lipinski definition) is 3. The smallest absolute Gasteiger partial charge is 0.462 e. The Labute approximate surface area is 341 Å². The van der Waals surface area contributed by atoms with Gasteiger partial charge in [-0.3, -0.25) is 14.1 Å². The van der Waals surface area contributed by atoms with Crippen molar-refractivity contribution in [2.45, 2.75) is 187 Å². The monoisotopic (exact) mass is 807 g/mol. The molecule has 0 rings (SSSR count). The molecular weight excluding hydrogens is 727 g/mol. The van der Waals surface area contributed by atoms with Crippen molar-refractivity contribution in [3.63, 3.8) is 0 Å². The van der Waals surface area contributed by atoms with Gasteiger partial charge in [0.1, 0.15) is 6.61 Å². The van der Waals surface area contributed by atoms with Crippen LogP contribution < -0.4 is 0 Å². The number of aliphatic hydroxyl groups excluding tert-OH is 1. The zero-order valence-corrected chi connectivity index (χ0v) is 36.2. The van der Waals surface area contributed by atoms with Gasteiger partial charge in [0, 0.05) is 12.8 Å². The van der Waals surface area contributed by atoms with E-state index in [2.05, 4.69) is 43.5 Å². The summed E-state index contributed by atoms with van der Waals surface area (Å²) in [5, 5.41) is 9.82. The predicted molar refractivity (Wildman–Crippen MR) is 231 cm³/mol. The number of allylic oxidation sites excluding steroid dienone is 10. The molecule has 0 fully saturated rings. The topological polar surface area (TPSA) is 140 Å². The van der Waals surface area contributed by atoms with Crippen LogP contribution in [0.2, 0.25) is 0 Å². The van der Waals surface area contributed by atoms with Crippen molar-refractivity contribution in [2.75, 3.05) is 13.2 Å². The van der Waals surface area contributed by atoms with Crippen LogP contribution in [0.4, 0.5) is 0 Å². The van der Waals surface area contributed by atoms with E-state index in [1.54, 1.807) is 6.08 Å². The Balaban J connectivity index is 4.06. The van der Waals surface area contributed by atoms with Gasteiger partial charge in [0.25, 0.3) is 0 Å². The zero-order valence-electron chi connectivity index (χ0n) is 35.3. The average molecular weight is 807 g/mol. The highest BCUT2D eigenvalue weighted by molar-refractivity contribution is 7.46. The third-order valence-corrected chi connectivity index (χ3v) is 9.50. The maximum atomic E-state index is 12.4. The Morgan fingerprint density at radius 2 is 1.12 bits per heavy atom. The molecule has 0 aliphatic rings. The van der Waals surface area contributed by atoms with Crippen molar-refractivity contribution >= 4 is 19.8 Å². The number of rotatable bonds is 38. The molecule has 0 aromatic heterocycles. The van der Waals surface area contributed by atoms with E-state index in [1.165, 1.54) is 77.0 Å². The van der Waals surface area contributed by atoms with Crippen LogP contribution in [0, 0.1) is 5.92 Å². The fourth-order valence-electron chi connectivity index (χ4n) is 5.79. The molecule has 0 aliphatic heterocycles. The molecule has 0 saturated carbocycles. The highest BCUT2D eigenvalue weighted by Gasteiger charge is 2.22. The van der Waals surface area contributed by atoms with Crippen molar-refractivity contribution in [1.82, 2.24) is 0 Å². The minimum atomic E-state index is -4.78. The Hall–Kier alpha value is -2.55. The lowest BCUT2D eigenvalue weighted by Gasteiger charge is -2.18. The molecule has 0 aliphatic carbocycles. The van der Waals surface area contributed by atoms with Crippen molar-refractivity contribution in [1.29, 1.82) is 0 Å². The second-order valence-electron chi connectivity index (χ2n) is 15.0. The number of phosphoric acid groups is 1. The Morgan fingerprint density at radius 3 is 1.66 bits per heavy atom. The van der Waals surface area contributed by atoms with Crippen LogP contribution in [-0.2, 0) is 28.2 Å². The predicted octanol–water partition coefficient (Wildman–Crippen LogP) is 12.3. The molecule has 0 radical (unpaired) electrons. The van der Waals surface area contributed by atoms with Crippen LogP contribution in [0.15, 0.2) is 72.9 Å². The molecule has 0 saturated heterocycles. The molecule has 0 bridgehead atoms. The first-order valence-electron chi connectivity index (χ1n) is 21.7.